The van der Waals surface area contributed by atoms with Crippen molar-refractivity contribution in [1.29, 1.82) is 0 Å². The summed E-state index contributed by atoms with van der Waals surface area (Å²) in [6.07, 6.45) is 1.28. The summed E-state index contributed by atoms with van der Waals surface area (Å²) in [6, 6.07) is 34.5. The monoisotopic (exact) mass is 690 g/mol. The third-order valence-electron chi connectivity index (χ3n) is 8.31. The summed E-state index contributed by atoms with van der Waals surface area (Å²) in [5, 5.41) is 20.1. The van der Waals surface area contributed by atoms with Gasteiger partial charge in [0.25, 0.3) is 0 Å². The quantitative estimate of drug-likeness (QED) is 0.119. The average molecular weight is 691 g/mol. The van der Waals surface area contributed by atoms with Gasteiger partial charge >= 0.3 is 6.09 Å². The summed E-state index contributed by atoms with van der Waals surface area (Å²) in [5.74, 6) is -1.69. The van der Waals surface area contributed by atoms with Crippen LogP contribution >= 0.6 is 0 Å². The third-order valence-corrected chi connectivity index (χ3v) is 8.31. The Balaban J connectivity index is 1.58. The summed E-state index contributed by atoms with van der Waals surface area (Å²) < 4.78 is 5.45. The van der Waals surface area contributed by atoms with Crippen molar-refractivity contribution >= 4 is 24.2 Å². The lowest BCUT2D eigenvalue weighted by Gasteiger charge is -2.29. The minimum absolute atomic E-state index is 0.0742. The van der Waals surface area contributed by atoms with Crippen LogP contribution in [0.1, 0.15) is 49.4 Å². The number of amides is 3. The zero-order valence-corrected chi connectivity index (χ0v) is 29.5. The fraction of sp³-hybridized carbons (Fsp3) is 0.333. The van der Waals surface area contributed by atoms with Gasteiger partial charge in [-0.25, -0.2) is 4.79 Å². The molecular formula is C42H48N3O6. The minimum atomic E-state index is -1.10. The van der Waals surface area contributed by atoms with Crippen LogP contribution in [0.2, 0.25) is 0 Å². The maximum absolute atomic E-state index is 14.2. The number of aliphatic hydroxyl groups excluding tert-OH is 1. The molecule has 1 radical (unpaired) electrons. The molecule has 0 saturated heterocycles. The molecule has 9 nitrogen and oxygen atoms in total. The van der Waals surface area contributed by atoms with Crippen LogP contribution in [0.25, 0.3) is 0 Å². The van der Waals surface area contributed by atoms with Gasteiger partial charge in [0, 0.05) is 18.8 Å². The highest BCUT2D eigenvalue weighted by atomic mass is 16.6. The Hall–Kier alpha value is -5.28. The lowest BCUT2D eigenvalue weighted by molar-refractivity contribution is -0.130. The van der Waals surface area contributed by atoms with E-state index >= 15 is 0 Å². The number of nitrogens with one attached hydrogen (secondary N) is 3. The fourth-order valence-corrected chi connectivity index (χ4v) is 5.80. The zero-order chi connectivity index (χ0) is 36.6. The van der Waals surface area contributed by atoms with E-state index in [0.29, 0.717) is 6.42 Å². The van der Waals surface area contributed by atoms with Crippen molar-refractivity contribution in [3.05, 3.63) is 144 Å². The molecule has 0 aromatic heterocycles. The molecule has 4 aromatic carbocycles. The molecular weight excluding hydrogens is 642 g/mol. The van der Waals surface area contributed by atoms with Gasteiger partial charge in [-0.2, -0.15) is 0 Å². The van der Waals surface area contributed by atoms with E-state index in [1.54, 1.807) is 20.8 Å². The molecule has 5 atom stereocenters. The van der Waals surface area contributed by atoms with Crippen LogP contribution < -0.4 is 16.0 Å². The molecule has 0 aliphatic carbocycles. The molecule has 0 bridgehead atoms. The second-order valence-electron chi connectivity index (χ2n) is 13.8. The standard InChI is InChI=1S/C42H48N3O6/c1-42(2,3)51-41(50)45-37(27-33-22-14-7-15-23-33)40(49)44-36(26-32-20-12-6-13-21-32)39(48)43-35(25-31-18-10-5-11-19-31)38(47)28-34(29-46)24-30-16-8-4-9-17-30/h4-23,34-38,47H,24-28H2,1-3H3,(H,43,48)(H,44,49)(H,45,50)/t34-,35+,36?,37?,38+/m1/s1. The fourth-order valence-electron chi connectivity index (χ4n) is 5.80. The first-order valence-corrected chi connectivity index (χ1v) is 17.3. The van der Waals surface area contributed by atoms with Crippen LogP contribution in [0.4, 0.5) is 4.79 Å². The van der Waals surface area contributed by atoms with Gasteiger partial charge in [0.05, 0.1) is 12.1 Å². The average Bonchev–Trinajstić information content (AvgIpc) is 3.11. The van der Waals surface area contributed by atoms with Crippen LogP contribution in [0.5, 0.6) is 0 Å². The highest BCUT2D eigenvalue weighted by Gasteiger charge is 2.32. The normalized spacial score (nSPS) is 14.2. The van der Waals surface area contributed by atoms with Gasteiger partial charge in [-0.15, -0.1) is 0 Å². The molecule has 4 rings (SSSR count). The van der Waals surface area contributed by atoms with Gasteiger partial charge < -0.3 is 25.8 Å². The molecule has 0 saturated carbocycles. The van der Waals surface area contributed by atoms with Gasteiger partial charge in [-0.05, 0) is 62.3 Å². The summed E-state index contributed by atoms with van der Waals surface area (Å²) in [4.78, 5) is 53.0. The van der Waals surface area contributed by atoms with Crippen LogP contribution in [-0.4, -0.2) is 59.1 Å². The molecule has 0 aliphatic heterocycles. The van der Waals surface area contributed by atoms with Crippen molar-refractivity contribution < 1.29 is 29.0 Å². The number of carbonyl (C=O) groups is 3. The number of aliphatic hydroxyl groups is 1. The minimum Gasteiger partial charge on any atom is -0.444 e. The Morgan fingerprint density at radius 2 is 1.00 bits per heavy atom. The molecule has 4 aromatic rings. The molecule has 9 heteroatoms. The highest BCUT2D eigenvalue weighted by molar-refractivity contribution is 5.91. The first kappa shape index (κ1) is 38.5. The molecule has 3 amide bonds. The third kappa shape index (κ3) is 13.5. The maximum Gasteiger partial charge on any atom is 0.408 e. The molecule has 4 N–H and O–H groups in total. The van der Waals surface area contributed by atoms with E-state index in [9.17, 15) is 24.3 Å². The second-order valence-corrected chi connectivity index (χ2v) is 13.8. The SMILES string of the molecule is CC(C)(C)OC(=O)NC(Cc1ccccc1)C(=O)NC(Cc1ccccc1)C(=O)N[C@@H](Cc1ccccc1)[C@@H](O)C[C@H]([C]=O)Cc1ccccc1. The number of alkyl carbamates (subject to hydrolysis) is 1. The van der Waals surface area contributed by atoms with E-state index in [1.807, 2.05) is 121 Å². The molecule has 0 spiro atoms. The molecule has 0 aliphatic rings. The van der Waals surface area contributed by atoms with Crippen molar-refractivity contribution in [1.82, 2.24) is 16.0 Å². The molecule has 267 valence electrons. The maximum atomic E-state index is 14.2. The Bertz CT molecular complexity index is 1660. The number of rotatable bonds is 17. The molecule has 2 unspecified atom stereocenters. The number of hydrogen-bond acceptors (Lipinski definition) is 6. The summed E-state index contributed by atoms with van der Waals surface area (Å²) in [5.41, 5.74) is 2.64. The Morgan fingerprint density at radius 1 is 0.608 bits per heavy atom. The molecule has 51 heavy (non-hydrogen) atoms. The van der Waals surface area contributed by atoms with Crippen molar-refractivity contribution in [2.24, 2.45) is 5.92 Å². The second kappa shape index (κ2) is 19.2. The van der Waals surface area contributed by atoms with E-state index in [0.717, 1.165) is 22.3 Å². The number of hydrogen-bond donors (Lipinski definition) is 4. The smallest absolute Gasteiger partial charge is 0.408 e. The predicted molar refractivity (Wildman–Crippen MR) is 197 cm³/mol. The zero-order valence-electron chi connectivity index (χ0n) is 29.5. The predicted octanol–water partition coefficient (Wildman–Crippen LogP) is 5.30. The lowest BCUT2D eigenvalue weighted by atomic mass is 9.90. The van der Waals surface area contributed by atoms with Crippen LogP contribution in [0.15, 0.2) is 121 Å². The van der Waals surface area contributed by atoms with E-state index in [2.05, 4.69) is 22.2 Å². The van der Waals surface area contributed by atoms with E-state index in [1.165, 1.54) is 0 Å². The first-order chi connectivity index (χ1) is 24.5. The van der Waals surface area contributed by atoms with Gasteiger partial charge in [-0.1, -0.05) is 121 Å². The van der Waals surface area contributed by atoms with E-state index in [-0.39, 0.29) is 25.7 Å². The van der Waals surface area contributed by atoms with E-state index < -0.39 is 53.7 Å². The topological polar surface area (TPSA) is 134 Å². The summed E-state index contributed by atoms with van der Waals surface area (Å²) >= 11 is 0. The van der Waals surface area contributed by atoms with Gasteiger partial charge in [0.15, 0.2) is 0 Å². The Morgan fingerprint density at radius 3 is 1.43 bits per heavy atom. The Labute approximate surface area is 300 Å². The summed E-state index contributed by atoms with van der Waals surface area (Å²) in [6.45, 7) is 5.20. The van der Waals surface area contributed by atoms with Crippen LogP contribution in [-0.2, 0) is 44.8 Å². The van der Waals surface area contributed by atoms with E-state index in [4.69, 9.17) is 4.74 Å². The number of carbonyl (C=O) groups excluding carboxylic acids is 4. The van der Waals surface area contributed by atoms with Crippen molar-refractivity contribution in [3.8, 4) is 0 Å². The summed E-state index contributed by atoms with van der Waals surface area (Å²) in [7, 11) is 0. The first-order valence-electron chi connectivity index (χ1n) is 17.3. The van der Waals surface area contributed by atoms with Crippen LogP contribution in [0.3, 0.4) is 0 Å². The van der Waals surface area contributed by atoms with Crippen molar-refractivity contribution in [3.63, 3.8) is 0 Å². The van der Waals surface area contributed by atoms with Crippen molar-refractivity contribution in [2.45, 2.75) is 82.7 Å². The Kier molecular flexibility index (Phi) is 14.5. The van der Waals surface area contributed by atoms with Gasteiger partial charge in [-0.3, -0.25) is 14.4 Å². The van der Waals surface area contributed by atoms with Crippen LogP contribution in [0, 0.1) is 5.92 Å². The largest absolute Gasteiger partial charge is 0.444 e. The number of ether oxygens (including phenoxy) is 1. The van der Waals surface area contributed by atoms with Gasteiger partial charge in [0.1, 0.15) is 17.7 Å². The lowest BCUT2D eigenvalue weighted by Crippen LogP contribution is -2.58. The number of benzene rings is 4. The molecule has 0 heterocycles. The van der Waals surface area contributed by atoms with Crippen molar-refractivity contribution in [2.75, 3.05) is 0 Å². The molecule has 0 fully saturated rings. The van der Waals surface area contributed by atoms with Gasteiger partial charge in [0.2, 0.25) is 18.1 Å². The highest BCUT2D eigenvalue weighted by Crippen LogP contribution is 2.18.